The minimum atomic E-state index is -0.325. The van der Waals surface area contributed by atoms with Crippen LogP contribution in [0, 0.1) is 0 Å². The average Bonchev–Trinajstić information content (AvgIpc) is 2.70. The van der Waals surface area contributed by atoms with Gasteiger partial charge in [0.05, 0.1) is 22.9 Å². The number of amides is 1. The van der Waals surface area contributed by atoms with E-state index in [4.69, 9.17) is 0 Å². The maximum atomic E-state index is 12.8. The summed E-state index contributed by atoms with van der Waals surface area (Å²) in [5, 5.41) is 14.1. The second-order valence-corrected chi connectivity index (χ2v) is 7.38. The highest BCUT2D eigenvalue weighted by Gasteiger charge is 2.13. The number of thioether (sulfide) groups is 1. The van der Waals surface area contributed by atoms with E-state index in [0.29, 0.717) is 22.6 Å². The Morgan fingerprint density at radius 3 is 2.72 bits per heavy atom. The molecule has 0 fully saturated rings. The van der Waals surface area contributed by atoms with Crippen LogP contribution in [0.25, 0.3) is 10.9 Å². The lowest BCUT2D eigenvalue weighted by molar-refractivity contribution is -0.118. The molecule has 0 atom stereocenters. The van der Waals surface area contributed by atoms with Gasteiger partial charge in [-0.25, -0.2) is 10.4 Å². The van der Waals surface area contributed by atoms with Crippen molar-refractivity contribution in [3.63, 3.8) is 0 Å². The number of aromatic hydroxyl groups is 1. The molecule has 2 aromatic carbocycles. The zero-order valence-corrected chi connectivity index (χ0v) is 16.6. The Kier molecular flexibility index (Phi) is 6.46. The molecule has 0 unspecified atom stereocenters. The summed E-state index contributed by atoms with van der Waals surface area (Å²) in [6, 6.07) is 13.5. The molecule has 0 aliphatic heterocycles. The van der Waals surface area contributed by atoms with Crippen molar-refractivity contribution < 1.29 is 9.90 Å². The number of hydrogen-bond donors (Lipinski definition) is 2. The van der Waals surface area contributed by atoms with E-state index >= 15 is 0 Å². The second-order valence-electron chi connectivity index (χ2n) is 6.43. The molecule has 1 heterocycles. The molecule has 0 spiro atoms. The van der Waals surface area contributed by atoms with Crippen LogP contribution in [0.15, 0.2) is 75.7 Å². The quantitative estimate of drug-likeness (QED) is 0.206. The fourth-order valence-electron chi connectivity index (χ4n) is 2.57. The molecule has 7 nitrogen and oxygen atoms in total. The molecule has 0 aliphatic rings. The smallest absolute Gasteiger partial charge is 0.262 e. The molecule has 0 aliphatic carbocycles. The van der Waals surface area contributed by atoms with Crippen LogP contribution in [0.2, 0.25) is 0 Å². The van der Waals surface area contributed by atoms with Crippen molar-refractivity contribution in [1.29, 1.82) is 0 Å². The summed E-state index contributed by atoms with van der Waals surface area (Å²) in [5.41, 5.74) is 4.42. The first kappa shape index (κ1) is 20.3. The predicted octanol–water partition coefficient (Wildman–Crippen LogP) is 2.92. The van der Waals surface area contributed by atoms with Crippen molar-refractivity contribution in [2.45, 2.75) is 18.6 Å². The van der Waals surface area contributed by atoms with E-state index in [0.717, 1.165) is 11.1 Å². The van der Waals surface area contributed by atoms with Crippen molar-refractivity contribution in [1.82, 2.24) is 15.0 Å². The Morgan fingerprint density at radius 2 is 2.00 bits per heavy atom. The minimum absolute atomic E-state index is 0.0495. The summed E-state index contributed by atoms with van der Waals surface area (Å²) in [6.07, 6.45) is 1.48. The van der Waals surface area contributed by atoms with E-state index in [1.165, 1.54) is 34.7 Å². The maximum absolute atomic E-state index is 12.8. The van der Waals surface area contributed by atoms with Crippen molar-refractivity contribution >= 4 is 34.8 Å². The number of benzene rings is 2. The van der Waals surface area contributed by atoms with Crippen LogP contribution in [0.5, 0.6) is 5.75 Å². The number of rotatable bonds is 7. The monoisotopic (exact) mass is 408 g/mol. The van der Waals surface area contributed by atoms with E-state index in [1.807, 2.05) is 13.0 Å². The number of phenolic OH excluding ortho intramolecular Hbond substituents is 1. The van der Waals surface area contributed by atoms with Gasteiger partial charge in [-0.15, -0.1) is 0 Å². The predicted molar refractivity (Wildman–Crippen MR) is 115 cm³/mol. The van der Waals surface area contributed by atoms with Crippen LogP contribution in [0.4, 0.5) is 0 Å². The molecular formula is C21H20N4O3S. The van der Waals surface area contributed by atoms with Gasteiger partial charge in [-0.1, -0.05) is 36.0 Å². The number of phenols is 1. The molecule has 148 valence electrons. The lowest BCUT2D eigenvalue weighted by Gasteiger charge is -2.12. The first-order chi connectivity index (χ1) is 13.9. The van der Waals surface area contributed by atoms with E-state index < -0.39 is 0 Å². The van der Waals surface area contributed by atoms with Crippen LogP contribution in [0.1, 0.15) is 12.5 Å². The van der Waals surface area contributed by atoms with Crippen LogP contribution < -0.4 is 11.0 Å². The Balaban J connectivity index is 1.71. The Hall–Kier alpha value is -3.39. The molecule has 8 heteroatoms. The van der Waals surface area contributed by atoms with Crippen LogP contribution >= 0.6 is 11.8 Å². The number of fused-ring (bicyclic) bond motifs is 1. The van der Waals surface area contributed by atoms with Gasteiger partial charge in [0, 0.05) is 6.54 Å². The third kappa shape index (κ3) is 5.32. The Morgan fingerprint density at radius 1 is 1.28 bits per heavy atom. The van der Waals surface area contributed by atoms with Gasteiger partial charge < -0.3 is 5.11 Å². The standard InChI is InChI=1S/C21H20N4O3S/c1-14(2)12-25-20(28)17-5-3-4-6-18(17)23-21(25)29-13-19(27)24-22-11-15-7-9-16(26)10-8-15/h3-11,26H,1,12-13H2,2H3,(H,24,27)/b22-11+. The fourth-order valence-corrected chi connectivity index (χ4v) is 3.36. The molecule has 0 saturated carbocycles. The van der Waals surface area contributed by atoms with Gasteiger partial charge >= 0.3 is 0 Å². The number of hydrazone groups is 1. The van der Waals surface area contributed by atoms with Gasteiger partial charge in [-0.3, -0.25) is 14.2 Å². The van der Waals surface area contributed by atoms with Crippen molar-refractivity contribution in [3.05, 3.63) is 76.6 Å². The third-order valence-corrected chi connectivity index (χ3v) is 4.86. The Labute approximate surface area is 171 Å². The van der Waals surface area contributed by atoms with Crippen LogP contribution in [-0.4, -0.2) is 32.5 Å². The summed E-state index contributed by atoms with van der Waals surface area (Å²) in [4.78, 5) is 29.5. The first-order valence-electron chi connectivity index (χ1n) is 8.82. The summed E-state index contributed by atoms with van der Waals surface area (Å²) in [5.74, 6) is -0.117. The van der Waals surface area contributed by atoms with Crippen molar-refractivity contribution in [2.24, 2.45) is 5.10 Å². The molecule has 3 aromatic rings. The number of allylic oxidation sites excluding steroid dienone is 1. The summed E-state index contributed by atoms with van der Waals surface area (Å²) in [7, 11) is 0. The zero-order valence-electron chi connectivity index (χ0n) is 15.8. The van der Waals surface area contributed by atoms with Crippen molar-refractivity contribution in [2.75, 3.05) is 5.75 Å². The van der Waals surface area contributed by atoms with Gasteiger partial charge in [0.2, 0.25) is 0 Å². The van der Waals surface area contributed by atoms with Gasteiger partial charge in [0.15, 0.2) is 5.16 Å². The molecule has 29 heavy (non-hydrogen) atoms. The number of carbonyl (C=O) groups excluding carboxylic acids is 1. The normalized spacial score (nSPS) is 11.1. The second kappa shape index (κ2) is 9.20. The third-order valence-electron chi connectivity index (χ3n) is 3.88. The number of nitrogens with zero attached hydrogens (tertiary/aromatic N) is 3. The topological polar surface area (TPSA) is 96.6 Å². The van der Waals surface area contributed by atoms with Crippen LogP contribution in [-0.2, 0) is 11.3 Å². The first-order valence-corrected chi connectivity index (χ1v) is 9.80. The SMILES string of the molecule is C=C(C)Cn1c(SCC(=O)N/N=C/c2ccc(O)cc2)nc2ccccc2c1=O. The average molecular weight is 408 g/mol. The van der Waals surface area contributed by atoms with E-state index in [1.54, 1.807) is 30.3 Å². The lowest BCUT2D eigenvalue weighted by atomic mass is 10.2. The largest absolute Gasteiger partial charge is 0.508 e. The molecule has 1 aromatic heterocycles. The maximum Gasteiger partial charge on any atom is 0.262 e. The zero-order chi connectivity index (χ0) is 20.8. The molecule has 0 bridgehead atoms. The minimum Gasteiger partial charge on any atom is -0.508 e. The van der Waals surface area contributed by atoms with E-state index in [2.05, 4.69) is 22.1 Å². The number of carbonyl (C=O) groups is 1. The van der Waals surface area contributed by atoms with Gasteiger partial charge in [0.1, 0.15) is 5.75 Å². The van der Waals surface area contributed by atoms with E-state index in [-0.39, 0.29) is 23.0 Å². The number of aromatic nitrogens is 2. The van der Waals surface area contributed by atoms with Crippen molar-refractivity contribution in [3.8, 4) is 5.75 Å². The summed E-state index contributed by atoms with van der Waals surface area (Å²) in [6.45, 7) is 6.04. The summed E-state index contributed by atoms with van der Waals surface area (Å²) >= 11 is 1.17. The van der Waals surface area contributed by atoms with Gasteiger partial charge in [-0.2, -0.15) is 5.10 Å². The molecule has 0 saturated heterocycles. The highest BCUT2D eigenvalue weighted by atomic mass is 32.2. The molecular weight excluding hydrogens is 388 g/mol. The van der Waals surface area contributed by atoms with Gasteiger partial charge in [0.25, 0.3) is 11.5 Å². The van der Waals surface area contributed by atoms with E-state index in [9.17, 15) is 14.7 Å². The van der Waals surface area contributed by atoms with Gasteiger partial charge in [-0.05, 0) is 48.9 Å². The number of hydrogen-bond acceptors (Lipinski definition) is 6. The summed E-state index contributed by atoms with van der Waals surface area (Å²) < 4.78 is 1.53. The highest BCUT2D eigenvalue weighted by molar-refractivity contribution is 7.99. The molecule has 2 N–H and O–H groups in total. The van der Waals surface area contributed by atoms with Crippen LogP contribution in [0.3, 0.4) is 0 Å². The number of nitrogens with one attached hydrogen (secondary N) is 1. The number of para-hydroxylation sites is 1. The fraction of sp³-hybridized carbons (Fsp3) is 0.143. The lowest BCUT2D eigenvalue weighted by Crippen LogP contribution is -2.25. The molecule has 0 radical (unpaired) electrons. The Bertz CT molecular complexity index is 1140. The molecule has 3 rings (SSSR count). The highest BCUT2D eigenvalue weighted by Crippen LogP contribution is 2.18. The molecule has 1 amide bonds.